The van der Waals surface area contributed by atoms with Gasteiger partial charge >= 0.3 is 18.2 Å². The van der Waals surface area contributed by atoms with Crippen LogP contribution in [0.5, 0.6) is 0 Å². The SMILES string of the molecule is CC(C)(C)OC(=O)N1CC=C(c2cccc(CNC(=O)C(F)(F)F)n2)CC1. The fourth-order valence-corrected chi connectivity index (χ4v) is 2.42. The first-order chi connectivity index (χ1) is 12.5. The molecule has 9 heteroatoms. The van der Waals surface area contributed by atoms with E-state index in [1.165, 1.54) is 6.07 Å². The second-order valence-corrected chi connectivity index (χ2v) is 7.10. The molecule has 148 valence electrons. The van der Waals surface area contributed by atoms with Gasteiger partial charge < -0.3 is 15.0 Å². The van der Waals surface area contributed by atoms with Crippen molar-refractivity contribution in [2.75, 3.05) is 13.1 Å². The number of rotatable bonds is 3. The molecule has 27 heavy (non-hydrogen) atoms. The highest BCUT2D eigenvalue weighted by molar-refractivity contribution is 5.81. The van der Waals surface area contributed by atoms with Crippen LogP contribution in [0.4, 0.5) is 18.0 Å². The van der Waals surface area contributed by atoms with Gasteiger partial charge in [-0.1, -0.05) is 12.1 Å². The molecule has 1 aromatic heterocycles. The van der Waals surface area contributed by atoms with Gasteiger partial charge in [-0.05, 0) is 44.9 Å². The summed E-state index contributed by atoms with van der Waals surface area (Å²) in [5.74, 6) is -2.00. The fraction of sp³-hybridized carbons (Fsp3) is 0.500. The summed E-state index contributed by atoms with van der Waals surface area (Å²) in [5.41, 5.74) is 1.25. The number of nitrogens with zero attached hydrogens (tertiary/aromatic N) is 2. The van der Waals surface area contributed by atoms with Gasteiger partial charge in [-0.15, -0.1) is 0 Å². The third-order valence-electron chi connectivity index (χ3n) is 3.68. The van der Waals surface area contributed by atoms with Crippen LogP contribution >= 0.6 is 0 Å². The van der Waals surface area contributed by atoms with Crippen LogP contribution in [0.1, 0.15) is 38.6 Å². The van der Waals surface area contributed by atoms with Crippen molar-refractivity contribution in [3.8, 4) is 0 Å². The first-order valence-electron chi connectivity index (χ1n) is 8.44. The number of hydrogen-bond acceptors (Lipinski definition) is 4. The smallest absolute Gasteiger partial charge is 0.444 e. The third-order valence-corrected chi connectivity index (χ3v) is 3.68. The summed E-state index contributed by atoms with van der Waals surface area (Å²) in [4.78, 5) is 28.8. The molecule has 2 rings (SSSR count). The minimum Gasteiger partial charge on any atom is -0.444 e. The van der Waals surface area contributed by atoms with E-state index in [1.54, 1.807) is 43.1 Å². The van der Waals surface area contributed by atoms with Crippen LogP contribution in [-0.2, 0) is 16.1 Å². The molecule has 2 amide bonds. The first-order valence-corrected chi connectivity index (χ1v) is 8.44. The van der Waals surface area contributed by atoms with Gasteiger partial charge in [0.1, 0.15) is 5.60 Å². The van der Waals surface area contributed by atoms with Crippen LogP contribution in [0.15, 0.2) is 24.3 Å². The summed E-state index contributed by atoms with van der Waals surface area (Å²) in [5, 5.41) is 1.80. The third kappa shape index (κ3) is 6.26. The zero-order valence-corrected chi connectivity index (χ0v) is 15.4. The van der Waals surface area contributed by atoms with E-state index in [0.29, 0.717) is 30.9 Å². The summed E-state index contributed by atoms with van der Waals surface area (Å²) < 4.78 is 42.1. The summed E-state index contributed by atoms with van der Waals surface area (Å²) >= 11 is 0. The van der Waals surface area contributed by atoms with E-state index in [1.807, 2.05) is 6.08 Å². The number of carbonyl (C=O) groups is 2. The Kier molecular flexibility index (Phi) is 6.12. The van der Waals surface area contributed by atoms with Gasteiger partial charge in [0.25, 0.3) is 0 Å². The Balaban J connectivity index is 1.99. The minimum atomic E-state index is -4.92. The lowest BCUT2D eigenvalue weighted by atomic mass is 10.0. The van der Waals surface area contributed by atoms with Crippen LogP contribution in [0.2, 0.25) is 0 Å². The van der Waals surface area contributed by atoms with Crippen LogP contribution < -0.4 is 5.32 Å². The number of amides is 2. The van der Waals surface area contributed by atoms with Crippen molar-refractivity contribution in [2.24, 2.45) is 0 Å². The molecule has 0 radical (unpaired) electrons. The maximum absolute atomic E-state index is 12.2. The van der Waals surface area contributed by atoms with Crippen molar-refractivity contribution < 1.29 is 27.5 Å². The average Bonchev–Trinajstić information content (AvgIpc) is 2.57. The molecule has 2 heterocycles. The zero-order chi connectivity index (χ0) is 20.2. The highest BCUT2D eigenvalue weighted by Crippen LogP contribution is 2.22. The van der Waals surface area contributed by atoms with E-state index in [4.69, 9.17) is 4.74 Å². The number of ether oxygens (including phenoxy) is 1. The monoisotopic (exact) mass is 385 g/mol. The second-order valence-electron chi connectivity index (χ2n) is 7.10. The topological polar surface area (TPSA) is 71.5 Å². The van der Waals surface area contributed by atoms with Gasteiger partial charge in [0.05, 0.1) is 17.9 Å². The van der Waals surface area contributed by atoms with Gasteiger partial charge in [0.15, 0.2) is 0 Å². The van der Waals surface area contributed by atoms with Gasteiger partial charge in [-0.25, -0.2) is 4.79 Å². The van der Waals surface area contributed by atoms with Crippen LogP contribution in [-0.4, -0.2) is 46.8 Å². The molecule has 0 fully saturated rings. The quantitative estimate of drug-likeness (QED) is 0.867. The largest absolute Gasteiger partial charge is 0.471 e. The molecule has 0 unspecified atom stereocenters. The number of carbonyl (C=O) groups excluding carboxylic acids is 2. The predicted molar refractivity (Wildman–Crippen MR) is 92.5 cm³/mol. The number of halogens is 3. The van der Waals surface area contributed by atoms with E-state index in [2.05, 4.69) is 4.98 Å². The fourth-order valence-electron chi connectivity index (χ4n) is 2.42. The van der Waals surface area contributed by atoms with Gasteiger partial charge in [0, 0.05) is 13.1 Å². The number of pyridine rings is 1. The lowest BCUT2D eigenvalue weighted by Crippen LogP contribution is -2.39. The average molecular weight is 385 g/mol. The Hall–Kier alpha value is -2.58. The van der Waals surface area contributed by atoms with Crippen molar-refractivity contribution >= 4 is 17.6 Å². The van der Waals surface area contributed by atoms with Crippen LogP contribution in [0, 0.1) is 0 Å². The summed E-state index contributed by atoms with van der Waals surface area (Å²) in [6.45, 7) is 5.89. The molecule has 1 N–H and O–H groups in total. The first kappa shape index (κ1) is 20.7. The predicted octanol–water partition coefficient (Wildman–Crippen LogP) is 3.28. The van der Waals surface area contributed by atoms with Crippen molar-refractivity contribution in [3.05, 3.63) is 35.7 Å². The molecular weight excluding hydrogens is 363 g/mol. The van der Waals surface area contributed by atoms with E-state index in [-0.39, 0.29) is 6.54 Å². The molecular formula is C18H22F3N3O3. The molecule has 0 spiro atoms. The molecule has 0 aromatic carbocycles. The molecule has 0 atom stereocenters. The van der Waals surface area contributed by atoms with E-state index < -0.39 is 23.8 Å². The molecule has 0 aliphatic carbocycles. The summed E-state index contributed by atoms with van der Waals surface area (Å²) in [6, 6.07) is 4.94. The normalized spacial score (nSPS) is 15.2. The molecule has 0 saturated carbocycles. The summed E-state index contributed by atoms with van der Waals surface area (Å²) in [6.07, 6.45) is -2.93. The highest BCUT2D eigenvalue weighted by atomic mass is 19.4. The molecule has 1 aromatic rings. The van der Waals surface area contributed by atoms with E-state index >= 15 is 0 Å². The van der Waals surface area contributed by atoms with Crippen LogP contribution in [0.25, 0.3) is 5.57 Å². The Bertz CT molecular complexity index is 739. The molecule has 1 aliphatic rings. The van der Waals surface area contributed by atoms with Crippen molar-refractivity contribution in [1.29, 1.82) is 0 Å². The Morgan fingerprint density at radius 2 is 1.96 bits per heavy atom. The van der Waals surface area contributed by atoms with Crippen LogP contribution in [0.3, 0.4) is 0 Å². The van der Waals surface area contributed by atoms with Crippen molar-refractivity contribution in [3.63, 3.8) is 0 Å². The molecule has 1 aliphatic heterocycles. The number of aromatic nitrogens is 1. The van der Waals surface area contributed by atoms with Gasteiger partial charge in [0.2, 0.25) is 0 Å². The molecule has 6 nitrogen and oxygen atoms in total. The van der Waals surface area contributed by atoms with Gasteiger partial charge in [-0.2, -0.15) is 13.2 Å². The Morgan fingerprint density at radius 3 is 2.52 bits per heavy atom. The minimum absolute atomic E-state index is 0.316. The Morgan fingerprint density at radius 1 is 1.26 bits per heavy atom. The maximum Gasteiger partial charge on any atom is 0.471 e. The van der Waals surface area contributed by atoms with E-state index in [9.17, 15) is 22.8 Å². The lowest BCUT2D eigenvalue weighted by molar-refractivity contribution is -0.173. The Labute approximate surface area is 155 Å². The number of alkyl halides is 3. The maximum atomic E-state index is 12.2. The van der Waals surface area contributed by atoms with E-state index in [0.717, 1.165) is 5.57 Å². The second kappa shape index (κ2) is 7.98. The highest BCUT2D eigenvalue weighted by Gasteiger charge is 2.38. The van der Waals surface area contributed by atoms with Crippen molar-refractivity contribution in [1.82, 2.24) is 15.2 Å². The standard InChI is InChI=1S/C18H22F3N3O3/c1-17(2,3)27-16(26)24-9-7-12(8-10-24)14-6-4-5-13(23-14)11-22-15(25)18(19,20)21/h4-7H,8-11H2,1-3H3,(H,22,25). The zero-order valence-electron chi connectivity index (χ0n) is 15.4. The number of nitrogens with one attached hydrogen (secondary N) is 1. The summed E-state index contributed by atoms with van der Waals surface area (Å²) in [7, 11) is 0. The molecule has 0 saturated heterocycles. The van der Waals surface area contributed by atoms with Gasteiger partial charge in [-0.3, -0.25) is 9.78 Å². The lowest BCUT2D eigenvalue weighted by Gasteiger charge is -2.29. The number of hydrogen-bond donors (Lipinski definition) is 1. The molecule has 0 bridgehead atoms. The van der Waals surface area contributed by atoms with Crippen molar-refractivity contribution in [2.45, 2.75) is 45.5 Å².